The van der Waals surface area contributed by atoms with Crippen molar-refractivity contribution in [3.63, 3.8) is 0 Å². The molecule has 4 nitrogen and oxygen atoms in total. The zero-order valence-corrected chi connectivity index (χ0v) is 10.7. The van der Waals surface area contributed by atoms with E-state index in [-0.39, 0.29) is 6.04 Å². The molecule has 0 aliphatic heterocycles. The van der Waals surface area contributed by atoms with Crippen LogP contribution in [0.25, 0.3) is 0 Å². The Bertz CT molecular complexity index is 309. The Labute approximate surface area is 97.8 Å². The van der Waals surface area contributed by atoms with Gasteiger partial charge in [-0.05, 0) is 32.9 Å². The van der Waals surface area contributed by atoms with Crippen LogP contribution in [-0.2, 0) is 6.54 Å². The van der Waals surface area contributed by atoms with E-state index in [0.29, 0.717) is 5.92 Å². The first kappa shape index (κ1) is 13.2. The predicted molar refractivity (Wildman–Crippen MR) is 65.0 cm³/mol. The highest BCUT2D eigenvalue weighted by Gasteiger charge is 2.10. The number of nitrogens with zero attached hydrogens (tertiary/aromatic N) is 2. The fourth-order valence-corrected chi connectivity index (χ4v) is 1.54. The van der Waals surface area contributed by atoms with Gasteiger partial charge >= 0.3 is 0 Å². The molecule has 0 aromatic carbocycles. The minimum Gasteiger partial charge on any atom is -0.360 e. The molecule has 16 heavy (non-hydrogen) atoms. The highest BCUT2D eigenvalue weighted by Crippen LogP contribution is 2.08. The molecule has 1 atom stereocenters. The van der Waals surface area contributed by atoms with Crippen molar-refractivity contribution in [2.24, 2.45) is 11.7 Å². The van der Waals surface area contributed by atoms with E-state index in [1.807, 2.05) is 13.0 Å². The number of rotatable bonds is 6. The highest BCUT2D eigenvalue weighted by atomic mass is 16.5. The zero-order valence-electron chi connectivity index (χ0n) is 10.7. The monoisotopic (exact) mass is 225 g/mol. The molecule has 4 heteroatoms. The molecule has 92 valence electrons. The van der Waals surface area contributed by atoms with Crippen LogP contribution in [0.2, 0.25) is 0 Å². The van der Waals surface area contributed by atoms with E-state index in [1.165, 1.54) is 0 Å². The van der Waals surface area contributed by atoms with Gasteiger partial charge < -0.3 is 10.3 Å². The molecule has 0 saturated heterocycles. The average molecular weight is 225 g/mol. The Kier molecular flexibility index (Phi) is 4.96. The lowest BCUT2D eigenvalue weighted by molar-refractivity contribution is 0.257. The summed E-state index contributed by atoms with van der Waals surface area (Å²) in [5, 5.41) is 3.87. The second-order valence-electron chi connectivity index (χ2n) is 4.87. The lowest BCUT2D eigenvalue weighted by atomic mass is 10.0. The molecule has 1 rings (SSSR count). The van der Waals surface area contributed by atoms with Crippen molar-refractivity contribution < 1.29 is 4.52 Å². The summed E-state index contributed by atoms with van der Waals surface area (Å²) in [5.41, 5.74) is 6.93. The third kappa shape index (κ3) is 4.33. The number of hydrogen-bond acceptors (Lipinski definition) is 4. The molecule has 1 unspecified atom stereocenters. The minimum absolute atomic E-state index is 0.277. The third-order valence-corrected chi connectivity index (χ3v) is 2.80. The fourth-order valence-electron chi connectivity index (χ4n) is 1.54. The van der Waals surface area contributed by atoms with Crippen molar-refractivity contribution in [1.29, 1.82) is 0 Å². The van der Waals surface area contributed by atoms with E-state index in [9.17, 15) is 0 Å². The molecule has 1 aromatic rings. The molecule has 0 aliphatic carbocycles. The second kappa shape index (κ2) is 6.01. The van der Waals surface area contributed by atoms with Crippen LogP contribution < -0.4 is 5.73 Å². The van der Waals surface area contributed by atoms with Crippen LogP contribution in [0.3, 0.4) is 0 Å². The van der Waals surface area contributed by atoms with Crippen LogP contribution in [0.15, 0.2) is 10.6 Å². The fraction of sp³-hybridized carbons (Fsp3) is 0.750. The van der Waals surface area contributed by atoms with Gasteiger partial charge in [0.15, 0.2) is 5.76 Å². The van der Waals surface area contributed by atoms with Crippen molar-refractivity contribution in [3.8, 4) is 0 Å². The van der Waals surface area contributed by atoms with E-state index in [1.54, 1.807) is 0 Å². The van der Waals surface area contributed by atoms with Crippen LogP contribution in [0.5, 0.6) is 0 Å². The summed E-state index contributed by atoms with van der Waals surface area (Å²) in [4.78, 5) is 2.21. The van der Waals surface area contributed by atoms with Crippen molar-refractivity contribution in [1.82, 2.24) is 10.1 Å². The smallest absolute Gasteiger partial charge is 0.150 e. The molecule has 0 bridgehead atoms. The summed E-state index contributed by atoms with van der Waals surface area (Å²) in [7, 11) is 2.07. The zero-order chi connectivity index (χ0) is 12.1. The van der Waals surface area contributed by atoms with Crippen LogP contribution in [0.4, 0.5) is 0 Å². The van der Waals surface area contributed by atoms with Crippen molar-refractivity contribution in [2.45, 2.75) is 39.8 Å². The van der Waals surface area contributed by atoms with Crippen molar-refractivity contribution in [3.05, 3.63) is 17.5 Å². The van der Waals surface area contributed by atoms with Gasteiger partial charge in [-0.1, -0.05) is 19.0 Å². The SMILES string of the molecule is Cc1cc(CN(C)CCC(N)C(C)C)on1. The van der Waals surface area contributed by atoms with Crippen molar-refractivity contribution in [2.75, 3.05) is 13.6 Å². The molecule has 1 aromatic heterocycles. The molecular weight excluding hydrogens is 202 g/mol. The predicted octanol–water partition coefficient (Wildman–Crippen LogP) is 1.79. The van der Waals surface area contributed by atoms with Crippen molar-refractivity contribution >= 4 is 0 Å². The Balaban J connectivity index is 2.28. The summed E-state index contributed by atoms with van der Waals surface area (Å²) in [6, 6.07) is 2.25. The van der Waals surface area contributed by atoms with Crippen LogP contribution in [0.1, 0.15) is 31.7 Å². The first-order chi connectivity index (χ1) is 7.49. The van der Waals surface area contributed by atoms with Gasteiger partial charge in [0.25, 0.3) is 0 Å². The van der Waals surface area contributed by atoms with Crippen LogP contribution >= 0.6 is 0 Å². The topological polar surface area (TPSA) is 55.3 Å². The van der Waals surface area contributed by atoms with Gasteiger partial charge in [0.05, 0.1) is 12.2 Å². The summed E-state index contributed by atoms with van der Waals surface area (Å²) < 4.78 is 5.17. The average Bonchev–Trinajstić information content (AvgIpc) is 2.60. The largest absolute Gasteiger partial charge is 0.360 e. The quantitative estimate of drug-likeness (QED) is 0.802. The van der Waals surface area contributed by atoms with Gasteiger partial charge in [-0.25, -0.2) is 0 Å². The van der Waals surface area contributed by atoms with Crippen LogP contribution in [0, 0.1) is 12.8 Å². The number of hydrogen-bond donors (Lipinski definition) is 1. The summed E-state index contributed by atoms with van der Waals surface area (Å²) in [6.45, 7) is 8.03. The van der Waals surface area contributed by atoms with E-state index < -0.39 is 0 Å². The second-order valence-corrected chi connectivity index (χ2v) is 4.87. The normalized spacial score (nSPS) is 13.7. The molecule has 0 amide bonds. The van der Waals surface area contributed by atoms with Gasteiger partial charge in [-0.15, -0.1) is 0 Å². The standard InChI is InChI=1S/C12H23N3O/c1-9(2)12(13)5-6-15(4)8-11-7-10(3)14-16-11/h7,9,12H,5-6,8,13H2,1-4H3. The van der Waals surface area contributed by atoms with E-state index in [2.05, 4.69) is 31.0 Å². The Morgan fingerprint density at radius 3 is 2.69 bits per heavy atom. The molecule has 0 radical (unpaired) electrons. The maximum Gasteiger partial charge on any atom is 0.150 e. The molecule has 0 fully saturated rings. The van der Waals surface area contributed by atoms with E-state index in [4.69, 9.17) is 10.3 Å². The number of aromatic nitrogens is 1. The van der Waals surface area contributed by atoms with Crippen LogP contribution in [-0.4, -0.2) is 29.7 Å². The molecule has 1 heterocycles. The Morgan fingerprint density at radius 2 is 2.19 bits per heavy atom. The van der Waals surface area contributed by atoms with Gasteiger partial charge in [-0.3, -0.25) is 4.90 Å². The van der Waals surface area contributed by atoms with Gasteiger partial charge in [0, 0.05) is 12.1 Å². The Hall–Kier alpha value is -0.870. The lowest BCUT2D eigenvalue weighted by Gasteiger charge is -2.20. The summed E-state index contributed by atoms with van der Waals surface area (Å²) in [5.74, 6) is 1.46. The van der Waals surface area contributed by atoms with Gasteiger partial charge in [-0.2, -0.15) is 0 Å². The third-order valence-electron chi connectivity index (χ3n) is 2.80. The minimum atomic E-state index is 0.277. The van der Waals surface area contributed by atoms with E-state index in [0.717, 1.165) is 31.0 Å². The van der Waals surface area contributed by atoms with Gasteiger partial charge in [0.2, 0.25) is 0 Å². The number of aryl methyl sites for hydroxylation is 1. The first-order valence-electron chi connectivity index (χ1n) is 5.85. The van der Waals surface area contributed by atoms with E-state index >= 15 is 0 Å². The first-order valence-corrected chi connectivity index (χ1v) is 5.85. The maximum absolute atomic E-state index is 6.00. The molecule has 0 spiro atoms. The number of nitrogens with two attached hydrogens (primary N) is 1. The maximum atomic E-state index is 6.00. The summed E-state index contributed by atoms with van der Waals surface area (Å²) in [6.07, 6.45) is 1.02. The summed E-state index contributed by atoms with van der Waals surface area (Å²) >= 11 is 0. The molecule has 0 aliphatic rings. The lowest BCUT2D eigenvalue weighted by Crippen LogP contribution is -2.31. The van der Waals surface area contributed by atoms with Gasteiger partial charge in [0.1, 0.15) is 0 Å². The molecular formula is C12H23N3O. The molecule has 2 N–H and O–H groups in total. The Morgan fingerprint density at radius 1 is 1.50 bits per heavy atom. The highest BCUT2D eigenvalue weighted by molar-refractivity contribution is 5.02. The molecule has 0 saturated carbocycles.